The van der Waals surface area contributed by atoms with Gasteiger partial charge in [-0.2, -0.15) is 5.10 Å². The highest BCUT2D eigenvalue weighted by Gasteiger charge is 2.36. The number of anilines is 1. The molecule has 2 N–H and O–H groups in total. The van der Waals surface area contributed by atoms with E-state index in [1.165, 1.54) is 5.01 Å². The van der Waals surface area contributed by atoms with Crippen molar-refractivity contribution in [3.05, 3.63) is 30.3 Å². The molecule has 0 radical (unpaired) electrons. The maximum atomic E-state index is 12.2. The first kappa shape index (κ1) is 17.1. The van der Waals surface area contributed by atoms with Gasteiger partial charge in [0.25, 0.3) is 5.91 Å². The van der Waals surface area contributed by atoms with Crippen LogP contribution in [0.1, 0.15) is 13.3 Å². The molecule has 0 saturated heterocycles. The van der Waals surface area contributed by atoms with Gasteiger partial charge in [0.15, 0.2) is 6.04 Å². The van der Waals surface area contributed by atoms with Crippen LogP contribution < -0.4 is 10.3 Å². The summed E-state index contributed by atoms with van der Waals surface area (Å²) in [5.41, 5.74) is 0.778. The number of amides is 1. The van der Waals surface area contributed by atoms with Crippen LogP contribution in [-0.4, -0.2) is 51.0 Å². The number of rotatable bonds is 6. The lowest BCUT2D eigenvalue weighted by molar-refractivity contribution is -0.138. The molecule has 1 heterocycles. The Labute approximate surface area is 136 Å². The first-order chi connectivity index (χ1) is 10.9. The standard InChI is InChI=1S/C15H19N3O4S/c1-10(9-23(2)22)16-14(19)12-8-13(15(20)21)18(17-12)11-6-4-3-5-7-11/h3-7,10,13H,8-9H2,1-2H3,(H,16,19)(H,20,21). The minimum absolute atomic E-state index is 0.0258. The average molecular weight is 337 g/mol. The Bertz CT molecular complexity index is 647. The van der Waals surface area contributed by atoms with Crippen molar-refractivity contribution < 1.29 is 18.9 Å². The smallest absolute Gasteiger partial charge is 0.328 e. The summed E-state index contributed by atoms with van der Waals surface area (Å²) in [5.74, 6) is -1.13. The highest BCUT2D eigenvalue weighted by molar-refractivity contribution is 7.84. The Balaban J connectivity index is 2.15. The van der Waals surface area contributed by atoms with E-state index in [4.69, 9.17) is 0 Å². The van der Waals surface area contributed by atoms with Gasteiger partial charge in [-0.25, -0.2) is 4.79 Å². The van der Waals surface area contributed by atoms with Crippen molar-refractivity contribution in [1.29, 1.82) is 0 Å². The fraction of sp³-hybridized carbons (Fsp3) is 0.400. The molecule has 7 nitrogen and oxygen atoms in total. The lowest BCUT2D eigenvalue weighted by Gasteiger charge is -2.19. The summed E-state index contributed by atoms with van der Waals surface area (Å²) >= 11 is 0. The number of nitrogens with zero attached hydrogens (tertiary/aromatic N) is 2. The van der Waals surface area contributed by atoms with Gasteiger partial charge >= 0.3 is 5.97 Å². The number of benzene rings is 1. The zero-order chi connectivity index (χ0) is 17.0. The van der Waals surface area contributed by atoms with E-state index in [0.717, 1.165) is 0 Å². The topological polar surface area (TPSA) is 99.1 Å². The van der Waals surface area contributed by atoms with Crippen molar-refractivity contribution in [2.24, 2.45) is 5.10 Å². The van der Waals surface area contributed by atoms with E-state index in [0.29, 0.717) is 11.4 Å². The molecule has 3 unspecified atom stereocenters. The molecule has 0 saturated carbocycles. The van der Waals surface area contributed by atoms with Crippen LogP contribution in [0.25, 0.3) is 0 Å². The third-order valence-electron chi connectivity index (χ3n) is 3.34. The summed E-state index contributed by atoms with van der Waals surface area (Å²) in [6.07, 6.45) is 1.59. The fourth-order valence-electron chi connectivity index (χ4n) is 2.36. The number of carbonyl (C=O) groups excluding carboxylic acids is 1. The van der Waals surface area contributed by atoms with Crippen molar-refractivity contribution in [3.63, 3.8) is 0 Å². The number of nitrogens with one attached hydrogen (secondary N) is 1. The van der Waals surface area contributed by atoms with E-state index in [9.17, 15) is 18.9 Å². The molecule has 0 bridgehead atoms. The van der Waals surface area contributed by atoms with Crippen molar-refractivity contribution in [3.8, 4) is 0 Å². The fourth-order valence-corrected chi connectivity index (χ4v) is 3.15. The number of hydrazone groups is 1. The molecule has 124 valence electrons. The highest BCUT2D eigenvalue weighted by atomic mass is 32.2. The molecule has 0 aliphatic carbocycles. The Morgan fingerprint density at radius 3 is 2.65 bits per heavy atom. The van der Waals surface area contributed by atoms with Gasteiger partial charge in [0.05, 0.1) is 5.69 Å². The number of hydrogen-bond donors (Lipinski definition) is 2. The van der Waals surface area contributed by atoms with E-state index in [-0.39, 0.29) is 18.2 Å². The largest absolute Gasteiger partial charge is 0.480 e. The van der Waals surface area contributed by atoms with Crippen molar-refractivity contribution in [2.45, 2.75) is 25.4 Å². The Kier molecular flexibility index (Phi) is 5.49. The van der Waals surface area contributed by atoms with Gasteiger partial charge in [0, 0.05) is 35.3 Å². The molecule has 2 rings (SSSR count). The van der Waals surface area contributed by atoms with Crippen LogP contribution in [0.4, 0.5) is 5.69 Å². The van der Waals surface area contributed by atoms with Gasteiger partial charge < -0.3 is 10.4 Å². The summed E-state index contributed by atoms with van der Waals surface area (Å²) in [5, 5.41) is 17.6. The number of aliphatic carboxylic acids is 1. The SMILES string of the molecule is CC(CS(C)=O)NC(=O)C1=NN(c2ccccc2)C(C(=O)O)C1. The molecule has 1 aliphatic rings. The van der Waals surface area contributed by atoms with Crippen LogP contribution >= 0.6 is 0 Å². The highest BCUT2D eigenvalue weighted by Crippen LogP contribution is 2.24. The van der Waals surface area contributed by atoms with E-state index in [2.05, 4.69) is 10.4 Å². The minimum Gasteiger partial charge on any atom is -0.480 e. The summed E-state index contributed by atoms with van der Waals surface area (Å²) in [6, 6.07) is 7.67. The second kappa shape index (κ2) is 7.36. The Hall–Kier alpha value is -2.22. The first-order valence-electron chi connectivity index (χ1n) is 7.14. The summed E-state index contributed by atoms with van der Waals surface area (Å²) in [4.78, 5) is 23.7. The molecular formula is C15H19N3O4S. The molecule has 0 spiro atoms. The van der Waals surface area contributed by atoms with Crippen LogP contribution in [0.3, 0.4) is 0 Å². The molecule has 1 aliphatic heterocycles. The van der Waals surface area contributed by atoms with Crippen molar-refractivity contribution in [2.75, 3.05) is 17.0 Å². The maximum absolute atomic E-state index is 12.2. The van der Waals surface area contributed by atoms with Crippen LogP contribution in [0.15, 0.2) is 35.4 Å². The predicted molar refractivity (Wildman–Crippen MR) is 88.9 cm³/mol. The zero-order valence-corrected chi connectivity index (χ0v) is 13.7. The maximum Gasteiger partial charge on any atom is 0.328 e. The molecule has 3 atom stereocenters. The van der Waals surface area contributed by atoms with Crippen LogP contribution in [0, 0.1) is 0 Å². The zero-order valence-electron chi connectivity index (χ0n) is 12.9. The van der Waals surface area contributed by atoms with Crippen molar-refractivity contribution >= 4 is 34.1 Å². The number of hydrogen-bond acceptors (Lipinski definition) is 5. The summed E-state index contributed by atoms with van der Waals surface area (Å²) in [7, 11) is -1.02. The summed E-state index contributed by atoms with van der Waals surface area (Å²) < 4.78 is 11.2. The molecule has 1 aromatic rings. The molecule has 23 heavy (non-hydrogen) atoms. The Morgan fingerprint density at radius 1 is 1.43 bits per heavy atom. The van der Waals surface area contributed by atoms with Gasteiger partial charge in [-0.1, -0.05) is 18.2 Å². The number of carbonyl (C=O) groups is 2. The Morgan fingerprint density at radius 2 is 2.09 bits per heavy atom. The van der Waals surface area contributed by atoms with E-state index >= 15 is 0 Å². The molecule has 8 heteroatoms. The minimum atomic E-state index is -1.04. The second-order valence-electron chi connectivity index (χ2n) is 5.40. The average Bonchev–Trinajstić information content (AvgIpc) is 2.92. The van der Waals surface area contributed by atoms with Gasteiger partial charge in [0.2, 0.25) is 0 Å². The first-order valence-corrected chi connectivity index (χ1v) is 8.86. The van der Waals surface area contributed by atoms with Crippen molar-refractivity contribution in [1.82, 2.24) is 5.32 Å². The molecular weight excluding hydrogens is 318 g/mol. The van der Waals surface area contributed by atoms with Crippen LogP contribution in [0.5, 0.6) is 0 Å². The molecule has 1 amide bonds. The number of carboxylic acid groups (broad SMARTS) is 1. The predicted octanol–water partition coefficient (Wildman–Crippen LogP) is 0.589. The van der Waals surface area contributed by atoms with E-state index in [1.807, 2.05) is 6.07 Å². The van der Waals surface area contributed by atoms with Crippen LogP contribution in [-0.2, 0) is 20.4 Å². The quantitative estimate of drug-likeness (QED) is 0.791. The monoisotopic (exact) mass is 337 g/mol. The van der Waals surface area contributed by atoms with E-state index < -0.39 is 28.7 Å². The lowest BCUT2D eigenvalue weighted by atomic mass is 10.1. The van der Waals surface area contributed by atoms with Gasteiger partial charge in [-0.3, -0.25) is 14.0 Å². The van der Waals surface area contributed by atoms with Gasteiger partial charge in [0.1, 0.15) is 5.71 Å². The lowest BCUT2D eigenvalue weighted by Crippen LogP contribution is -2.40. The van der Waals surface area contributed by atoms with E-state index in [1.54, 1.807) is 37.4 Å². The number of para-hydroxylation sites is 1. The molecule has 0 fully saturated rings. The number of carboxylic acids is 1. The second-order valence-corrected chi connectivity index (χ2v) is 6.88. The normalized spacial score (nSPS) is 19.8. The van der Waals surface area contributed by atoms with Crippen LogP contribution in [0.2, 0.25) is 0 Å². The third-order valence-corrected chi connectivity index (χ3v) is 4.31. The van der Waals surface area contributed by atoms with Gasteiger partial charge in [-0.15, -0.1) is 0 Å². The third kappa shape index (κ3) is 4.38. The molecule has 1 aromatic carbocycles. The van der Waals surface area contributed by atoms with Gasteiger partial charge in [-0.05, 0) is 19.1 Å². The molecule has 0 aromatic heterocycles. The summed E-state index contributed by atoms with van der Waals surface area (Å²) in [6.45, 7) is 1.75.